The van der Waals surface area contributed by atoms with Crippen molar-refractivity contribution in [2.45, 2.75) is 50.0 Å². The third-order valence-electron chi connectivity index (χ3n) is 6.14. The second-order valence-electron chi connectivity index (χ2n) is 8.26. The minimum atomic E-state index is -1.09. The van der Waals surface area contributed by atoms with Crippen molar-refractivity contribution in [1.29, 1.82) is 0 Å². The van der Waals surface area contributed by atoms with Crippen molar-refractivity contribution in [3.8, 4) is 0 Å². The van der Waals surface area contributed by atoms with Gasteiger partial charge in [0, 0.05) is 29.5 Å². The van der Waals surface area contributed by atoms with E-state index < -0.39 is 5.34 Å². The number of para-hydroxylation sites is 1. The van der Waals surface area contributed by atoms with E-state index in [9.17, 15) is 4.79 Å². The van der Waals surface area contributed by atoms with E-state index in [0.29, 0.717) is 12.2 Å². The van der Waals surface area contributed by atoms with Gasteiger partial charge in [-0.2, -0.15) is 0 Å². The first kappa shape index (κ1) is 20.8. The van der Waals surface area contributed by atoms with Crippen molar-refractivity contribution < 1.29 is 4.79 Å². The van der Waals surface area contributed by atoms with Gasteiger partial charge in [0.25, 0.3) is 5.91 Å². The molecule has 2 atom stereocenters. The third kappa shape index (κ3) is 4.34. The van der Waals surface area contributed by atoms with Crippen LogP contribution in [-0.2, 0) is 5.34 Å². The first-order chi connectivity index (χ1) is 14.5. The summed E-state index contributed by atoms with van der Waals surface area (Å²) in [6, 6.07) is 19.9. The molecule has 0 aliphatic heterocycles. The lowest BCUT2D eigenvalue weighted by molar-refractivity contribution is 0.0621. The Morgan fingerprint density at radius 1 is 1.13 bits per heavy atom. The first-order valence-corrected chi connectivity index (χ1v) is 10.8. The Bertz CT molecular complexity index is 969. The standard InChI is InChI=1S/C24H27B2N3O/c1-2-29(23(30)22-15-17-9-6-7-14-21(17)27-22)20-13-8-12-19(16-20)28-24(25,26)18-10-4-3-5-11-18/h3-7,9-11,14-15,19-20,27-28H,2,8,12-13,16H2,1H3. The number of aromatic nitrogens is 1. The summed E-state index contributed by atoms with van der Waals surface area (Å²) in [5.41, 5.74) is 2.48. The molecule has 1 heterocycles. The van der Waals surface area contributed by atoms with E-state index in [2.05, 4.69) is 10.3 Å². The largest absolute Gasteiger partial charge is 0.351 e. The molecule has 2 unspecified atom stereocenters. The van der Waals surface area contributed by atoms with Crippen LogP contribution in [0.15, 0.2) is 60.7 Å². The number of nitrogens with one attached hydrogen (secondary N) is 2. The summed E-state index contributed by atoms with van der Waals surface area (Å²) in [4.78, 5) is 18.5. The van der Waals surface area contributed by atoms with E-state index >= 15 is 0 Å². The van der Waals surface area contributed by atoms with Crippen LogP contribution in [0, 0.1) is 0 Å². The van der Waals surface area contributed by atoms with Gasteiger partial charge >= 0.3 is 0 Å². The average Bonchev–Trinajstić information content (AvgIpc) is 3.19. The highest BCUT2D eigenvalue weighted by Gasteiger charge is 2.32. The fourth-order valence-electron chi connectivity index (χ4n) is 4.62. The number of hydrogen-bond donors (Lipinski definition) is 2. The molecule has 1 aromatic heterocycles. The molecule has 0 spiro atoms. The summed E-state index contributed by atoms with van der Waals surface area (Å²) in [6.07, 6.45) is 3.86. The minimum absolute atomic E-state index is 0.0502. The molecular formula is C24H27B2N3O. The average molecular weight is 395 g/mol. The van der Waals surface area contributed by atoms with Crippen LogP contribution in [0.4, 0.5) is 0 Å². The zero-order valence-corrected chi connectivity index (χ0v) is 17.5. The number of aromatic amines is 1. The van der Waals surface area contributed by atoms with E-state index in [1.54, 1.807) is 0 Å². The Labute approximate surface area is 181 Å². The van der Waals surface area contributed by atoms with Crippen LogP contribution in [0.3, 0.4) is 0 Å². The number of carbonyl (C=O) groups is 1. The van der Waals surface area contributed by atoms with Gasteiger partial charge in [-0.15, -0.1) is 0 Å². The summed E-state index contributed by atoms with van der Waals surface area (Å²) in [5.74, 6) is 0.0502. The summed E-state index contributed by atoms with van der Waals surface area (Å²) >= 11 is 0. The maximum Gasteiger partial charge on any atom is 0.270 e. The minimum Gasteiger partial charge on any atom is -0.351 e. The van der Waals surface area contributed by atoms with Crippen LogP contribution in [0.2, 0.25) is 0 Å². The summed E-state index contributed by atoms with van der Waals surface area (Å²) in [5, 5.41) is 3.39. The molecule has 4 nitrogen and oxygen atoms in total. The summed E-state index contributed by atoms with van der Waals surface area (Å²) in [6.45, 7) is 2.71. The number of nitrogens with zero attached hydrogens (tertiary/aromatic N) is 1. The van der Waals surface area contributed by atoms with E-state index in [0.717, 1.165) is 42.1 Å². The molecule has 4 rings (SSSR count). The first-order valence-electron chi connectivity index (χ1n) is 10.8. The molecule has 30 heavy (non-hydrogen) atoms. The molecule has 150 valence electrons. The number of hydrogen-bond acceptors (Lipinski definition) is 2. The van der Waals surface area contributed by atoms with Gasteiger partial charge in [-0.05, 0) is 55.6 Å². The van der Waals surface area contributed by atoms with E-state index in [-0.39, 0.29) is 18.0 Å². The van der Waals surface area contributed by atoms with Gasteiger partial charge in [0.15, 0.2) is 0 Å². The summed E-state index contributed by atoms with van der Waals surface area (Å²) in [7, 11) is 12.8. The molecule has 6 heteroatoms. The third-order valence-corrected chi connectivity index (χ3v) is 6.14. The predicted octanol–water partition coefficient (Wildman–Crippen LogP) is 3.68. The van der Waals surface area contributed by atoms with Crippen LogP contribution in [0.5, 0.6) is 0 Å². The lowest BCUT2D eigenvalue weighted by Gasteiger charge is -2.41. The normalized spacial score (nSPS) is 19.6. The molecule has 2 N–H and O–H groups in total. The second-order valence-corrected chi connectivity index (χ2v) is 8.26. The van der Waals surface area contributed by atoms with Gasteiger partial charge in [-0.1, -0.05) is 48.5 Å². The van der Waals surface area contributed by atoms with Crippen molar-refractivity contribution in [1.82, 2.24) is 15.2 Å². The number of fused-ring (bicyclic) bond motifs is 1. The van der Waals surface area contributed by atoms with E-state index in [1.807, 2.05) is 72.5 Å². The Morgan fingerprint density at radius 2 is 1.87 bits per heavy atom. The van der Waals surface area contributed by atoms with Crippen molar-refractivity contribution in [2.24, 2.45) is 0 Å². The SMILES string of the molecule is [B]C([B])(NC1CCCC(N(CC)C(=O)c2cc3ccccc3[nH]2)C1)c1ccccc1. The van der Waals surface area contributed by atoms with Crippen molar-refractivity contribution in [2.75, 3.05) is 6.54 Å². The monoisotopic (exact) mass is 395 g/mol. The molecule has 1 amide bonds. The van der Waals surface area contributed by atoms with E-state index in [4.69, 9.17) is 15.7 Å². The number of carbonyl (C=O) groups excluding carboxylic acids is 1. The number of amides is 1. The van der Waals surface area contributed by atoms with Gasteiger partial charge in [-0.3, -0.25) is 4.79 Å². The molecule has 1 fully saturated rings. The highest BCUT2D eigenvalue weighted by Crippen LogP contribution is 2.27. The number of benzene rings is 2. The highest BCUT2D eigenvalue weighted by atomic mass is 16.2. The van der Waals surface area contributed by atoms with Crippen LogP contribution >= 0.6 is 0 Å². The smallest absolute Gasteiger partial charge is 0.270 e. The molecule has 3 aromatic rings. The van der Waals surface area contributed by atoms with Crippen LogP contribution in [0.1, 0.15) is 48.7 Å². The maximum atomic E-state index is 13.3. The molecule has 4 radical (unpaired) electrons. The second kappa shape index (κ2) is 8.73. The maximum absolute atomic E-state index is 13.3. The van der Waals surface area contributed by atoms with Gasteiger partial charge in [0.1, 0.15) is 5.69 Å². The van der Waals surface area contributed by atoms with Gasteiger partial charge in [0.2, 0.25) is 0 Å². The van der Waals surface area contributed by atoms with Crippen molar-refractivity contribution in [3.63, 3.8) is 0 Å². The zero-order chi connectivity index (χ0) is 21.1. The Morgan fingerprint density at radius 3 is 2.60 bits per heavy atom. The molecule has 1 saturated carbocycles. The molecule has 1 aliphatic rings. The number of rotatable bonds is 6. The van der Waals surface area contributed by atoms with Crippen LogP contribution in [-0.4, -0.2) is 50.1 Å². The van der Waals surface area contributed by atoms with Crippen LogP contribution < -0.4 is 5.32 Å². The molecule has 0 saturated heterocycles. The topological polar surface area (TPSA) is 48.1 Å². The number of H-pyrrole nitrogens is 1. The molecule has 2 aromatic carbocycles. The lowest BCUT2D eigenvalue weighted by Crippen LogP contribution is -2.53. The van der Waals surface area contributed by atoms with Crippen molar-refractivity contribution in [3.05, 3.63) is 71.9 Å². The predicted molar refractivity (Wildman–Crippen MR) is 124 cm³/mol. The van der Waals surface area contributed by atoms with Crippen molar-refractivity contribution >= 4 is 32.5 Å². The fraction of sp³-hybridized carbons (Fsp3) is 0.375. The fourth-order valence-corrected chi connectivity index (χ4v) is 4.62. The quantitative estimate of drug-likeness (QED) is 0.626. The Kier molecular flexibility index (Phi) is 6.05. The Balaban J connectivity index is 1.47. The van der Waals surface area contributed by atoms with E-state index in [1.165, 1.54) is 0 Å². The van der Waals surface area contributed by atoms with Gasteiger partial charge in [0.05, 0.1) is 15.7 Å². The Hall–Kier alpha value is -2.46. The summed E-state index contributed by atoms with van der Waals surface area (Å²) < 4.78 is 0. The van der Waals surface area contributed by atoms with Crippen LogP contribution in [0.25, 0.3) is 10.9 Å². The van der Waals surface area contributed by atoms with Gasteiger partial charge < -0.3 is 15.2 Å². The lowest BCUT2D eigenvalue weighted by atomic mass is 9.57. The zero-order valence-electron chi connectivity index (χ0n) is 17.5. The molecule has 0 bridgehead atoms. The highest BCUT2D eigenvalue weighted by molar-refractivity contribution is 6.39. The molecular weight excluding hydrogens is 368 g/mol. The molecule has 1 aliphatic carbocycles. The van der Waals surface area contributed by atoms with Gasteiger partial charge in [-0.25, -0.2) is 0 Å².